The molecule has 20 heavy (non-hydrogen) atoms. The van der Waals surface area contributed by atoms with Crippen molar-refractivity contribution in [2.45, 2.75) is 0 Å². The summed E-state index contributed by atoms with van der Waals surface area (Å²) in [5.74, 6) is 0.0341. The summed E-state index contributed by atoms with van der Waals surface area (Å²) in [6, 6.07) is 12.5. The van der Waals surface area contributed by atoms with Gasteiger partial charge in [0, 0.05) is 5.56 Å². The number of halogens is 1. The second-order valence-corrected chi connectivity index (χ2v) is 3.98. The van der Waals surface area contributed by atoms with Crippen LogP contribution in [0, 0.1) is 5.82 Å². The van der Waals surface area contributed by atoms with Crippen LogP contribution in [-0.2, 0) is 0 Å². The van der Waals surface area contributed by atoms with Crippen molar-refractivity contribution in [3.05, 3.63) is 65.5 Å². The van der Waals surface area contributed by atoms with Crippen LogP contribution in [0.3, 0.4) is 0 Å². The Hall–Kier alpha value is -2.69. The number of carbonyl (C=O) groups is 1. The summed E-state index contributed by atoms with van der Waals surface area (Å²) in [6.07, 6.45) is 1.45. The fraction of sp³-hybridized carbons (Fsp3) is 0.0667. The number of carbonyl (C=O) groups excluding carboxylic acids is 1. The van der Waals surface area contributed by atoms with Crippen LogP contribution in [0.2, 0.25) is 0 Å². The molecule has 0 atom stereocenters. The van der Waals surface area contributed by atoms with E-state index in [0.29, 0.717) is 16.9 Å². The number of methoxy groups -OCH3 is 1. The van der Waals surface area contributed by atoms with Crippen molar-refractivity contribution in [2.24, 2.45) is 5.10 Å². The summed E-state index contributed by atoms with van der Waals surface area (Å²) in [6.45, 7) is 0. The predicted octanol–water partition coefficient (Wildman–Crippen LogP) is 2.60. The highest BCUT2D eigenvalue weighted by molar-refractivity contribution is 5.94. The highest BCUT2D eigenvalue weighted by Crippen LogP contribution is 2.10. The number of ether oxygens (including phenoxy) is 1. The molecule has 1 N–H and O–H groups in total. The zero-order chi connectivity index (χ0) is 14.4. The van der Waals surface area contributed by atoms with E-state index in [1.54, 1.807) is 43.5 Å². The van der Waals surface area contributed by atoms with Gasteiger partial charge in [0.1, 0.15) is 11.6 Å². The van der Waals surface area contributed by atoms with Crippen LogP contribution < -0.4 is 10.2 Å². The third-order valence-corrected chi connectivity index (χ3v) is 2.60. The Morgan fingerprint density at radius 1 is 1.15 bits per heavy atom. The molecule has 2 rings (SSSR count). The Bertz CT molecular complexity index is 607. The SMILES string of the molecule is COc1ccc(C(=O)NN=Cc2ccc(F)cc2)cc1. The standard InChI is InChI=1S/C15H13FN2O2/c1-20-14-8-4-12(5-9-14)15(19)18-17-10-11-2-6-13(16)7-3-11/h2-10H,1H3,(H,18,19). The first-order chi connectivity index (χ1) is 9.69. The molecule has 0 aliphatic rings. The second kappa shape index (κ2) is 6.47. The van der Waals surface area contributed by atoms with Crippen LogP contribution in [-0.4, -0.2) is 19.2 Å². The van der Waals surface area contributed by atoms with Gasteiger partial charge >= 0.3 is 0 Å². The van der Waals surface area contributed by atoms with E-state index in [-0.39, 0.29) is 11.7 Å². The molecule has 0 fully saturated rings. The lowest BCUT2D eigenvalue weighted by Crippen LogP contribution is -2.17. The summed E-state index contributed by atoms with van der Waals surface area (Å²) < 4.78 is 17.7. The van der Waals surface area contributed by atoms with Crippen molar-refractivity contribution in [1.82, 2.24) is 5.43 Å². The fourth-order valence-corrected chi connectivity index (χ4v) is 1.52. The molecule has 0 unspecified atom stereocenters. The largest absolute Gasteiger partial charge is 0.497 e. The molecular weight excluding hydrogens is 259 g/mol. The highest BCUT2D eigenvalue weighted by Gasteiger charge is 2.03. The summed E-state index contributed by atoms with van der Waals surface area (Å²) in [4.78, 5) is 11.8. The minimum absolute atomic E-state index is 0.315. The molecule has 2 aromatic rings. The molecule has 2 aromatic carbocycles. The third kappa shape index (κ3) is 3.65. The predicted molar refractivity (Wildman–Crippen MR) is 74.5 cm³/mol. The minimum Gasteiger partial charge on any atom is -0.497 e. The van der Waals surface area contributed by atoms with Gasteiger partial charge in [-0.15, -0.1) is 0 Å². The average Bonchev–Trinajstić information content (AvgIpc) is 2.49. The van der Waals surface area contributed by atoms with Crippen LogP contribution in [0.4, 0.5) is 4.39 Å². The summed E-state index contributed by atoms with van der Waals surface area (Å²) in [7, 11) is 1.56. The van der Waals surface area contributed by atoms with Gasteiger partial charge in [-0.1, -0.05) is 12.1 Å². The van der Waals surface area contributed by atoms with Crippen molar-refractivity contribution >= 4 is 12.1 Å². The lowest BCUT2D eigenvalue weighted by atomic mass is 10.2. The number of nitrogens with zero attached hydrogens (tertiary/aromatic N) is 1. The van der Waals surface area contributed by atoms with Gasteiger partial charge in [0.05, 0.1) is 13.3 Å². The van der Waals surface area contributed by atoms with E-state index in [1.165, 1.54) is 18.3 Å². The van der Waals surface area contributed by atoms with Gasteiger partial charge in [-0.25, -0.2) is 9.82 Å². The molecule has 5 heteroatoms. The molecule has 0 saturated heterocycles. The Morgan fingerprint density at radius 2 is 1.80 bits per heavy atom. The van der Waals surface area contributed by atoms with Gasteiger partial charge in [-0.3, -0.25) is 4.79 Å². The van der Waals surface area contributed by atoms with E-state index in [2.05, 4.69) is 10.5 Å². The number of nitrogens with one attached hydrogen (secondary N) is 1. The van der Waals surface area contributed by atoms with Crippen LogP contribution >= 0.6 is 0 Å². The summed E-state index contributed by atoms with van der Waals surface area (Å²) in [5.41, 5.74) is 3.57. The maximum absolute atomic E-state index is 12.7. The molecule has 0 saturated carbocycles. The Kier molecular flexibility index (Phi) is 4.44. The molecule has 1 amide bonds. The summed E-state index contributed by atoms with van der Waals surface area (Å²) in [5, 5.41) is 3.81. The highest BCUT2D eigenvalue weighted by atomic mass is 19.1. The van der Waals surface area contributed by atoms with Gasteiger partial charge < -0.3 is 4.74 Å². The normalized spacial score (nSPS) is 10.5. The lowest BCUT2D eigenvalue weighted by molar-refractivity contribution is 0.0955. The molecule has 0 bridgehead atoms. The Balaban J connectivity index is 1.95. The van der Waals surface area contributed by atoms with E-state index >= 15 is 0 Å². The van der Waals surface area contributed by atoms with Crippen molar-refractivity contribution in [3.8, 4) is 5.75 Å². The maximum atomic E-state index is 12.7. The molecular formula is C15H13FN2O2. The first kappa shape index (κ1) is 13.7. The van der Waals surface area contributed by atoms with E-state index in [4.69, 9.17) is 4.74 Å². The van der Waals surface area contributed by atoms with Crippen molar-refractivity contribution in [3.63, 3.8) is 0 Å². The van der Waals surface area contributed by atoms with Crippen LogP contribution in [0.25, 0.3) is 0 Å². The molecule has 0 spiro atoms. The molecule has 102 valence electrons. The summed E-state index contributed by atoms with van der Waals surface area (Å²) >= 11 is 0. The van der Waals surface area contributed by atoms with Crippen LogP contribution in [0.15, 0.2) is 53.6 Å². The second-order valence-electron chi connectivity index (χ2n) is 3.98. The quantitative estimate of drug-likeness (QED) is 0.687. The molecule has 0 aliphatic heterocycles. The number of hydrogen-bond acceptors (Lipinski definition) is 3. The number of rotatable bonds is 4. The lowest BCUT2D eigenvalue weighted by Gasteiger charge is -2.02. The zero-order valence-electron chi connectivity index (χ0n) is 10.8. The molecule has 0 radical (unpaired) electrons. The monoisotopic (exact) mass is 272 g/mol. The van der Waals surface area contributed by atoms with Gasteiger partial charge in [-0.2, -0.15) is 5.10 Å². The van der Waals surface area contributed by atoms with Crippen molar-refractivity contribution in [1.29, 1.82) is 0 Å². The van der Waals surface area contributed by atoms with Crippen molar-refractivity contribution < 1.29 is 13.9 Å². The van der Waals surface area contributed by atoms with Crippen LogP contribution in [0.5, 0.6) is 5.75 Å². The number of amides is 1. The van der Waals surface area contributed by atoms with Gasteiger partial charge in [0.25, 0.3) is 5.91 Å². The first-order valence-corrected chi connectivity index (χ1v) is 5.92. The fourth-order valence-electron chi connectivity index (χ4n) is 1.52. The van der Waals surface area contributed by atoms with E-state index in [9.17, 15) is 9.18 Å². The number of hydrogen-bond donors (Lipinski definition) is 1. The number of hydrazone groups is 1. The molecule has 0 heterocycles. The first-order valence-electron chi connectivity index (χ1n) is 5.92. The topological polar surface area (TPSA) is 50.7 Å². The molecule has 0 aliphatic carbocycles. The Morgan fingerprint density at radius 3 is 2.40 bits per heavy atom. The van der Waals surface area contributed by atoms with Gasteiger partial charge in [-0.05, 0) is 42.0 Å². The van der Waals surface area contributed by atoms with Gasteiger partial charge in [0.2, 0.25) is 0 Å². The molecule has 0 aromatic heterocycles. The molecule has 4 nitrogen and oxygen atoms in total. The van der Waals surface area contributed by atoms with Crippen molar-refractivity contribution in [2.75, 3.05) is 7.11 Å². The smallest absolute Gasteiger partial charge is 0.271 e. The maximum Gasteiger partial charge on any atom is 0.271 e. The van der Waals surface area contributed by atoms with Crippen LogP contribution in [0.1, 0.15) is 15.9 Å². The van der Waals surface area contributed by atoms with E-state index < -0.39 is 0 Å². The zero-order valence-corrected chi connectivity index (χ0v) is 10.8. The van der Waals surface area contributed by atoms with E-state index in [1.807, 2.05) is 0 Å². The number of benzene rings is 2. The Labute approximate surface area is 115 Å². The van der Waals surface area contributed by atoms with E-state index in [0.717, 1.165) is 0 Å². The minimum atomic E-state index is -0.328. The average molecular weight is 272 g/mol. The van der Waals surface area contributed by atoms with Gasteiger partial charge in [0.15, 0.2) is 0 Å². The third-order valence-electron chi connectivity index (χ3n) is 2.60.